The Morgan fingerprint density at radius 1 is 1.44 bits per heavy atom. The van der Waals surface area contributed by atoms with Crippen LogP contribution in [0.3, 0.4) is 0 Å². The monoisotopic (exact) mass is 248 g/mol. The third-order valence-corrected chi connectivity index (χ3v) is 3.54. The number of hydrogen-bond donors (Lipinski definition) is 2. The molecule has 0 saturated carbocycles. The molecule has 5 heteroatoms. The molecule has 2 heterocycles. The standard InChI is InChI=1S/C13H20N4O/c14-6-3-10-4-8-17(9-5-10)13-11(12(15)18)2-1-7-16-13/h1-2,7,10H,3-6,8-9,14H2,(H2,15,18). The van der Waals surface area contributed by atoms with Gasteiger partial charge in [-0.3, -0.25) is 4.79 Å². The van der Waals surface area contributed by atoms with Crippen molar-refractivity contribution in [1.29, 1.82) is 0 Å². The summed E-state index contributed by atoms with van der Waals surface area (Å²) in [6, 6.07) is 3.47. The van der Waals surface area contributed by atoms with Gasteiger partial charge in [-0.15, -0.1) is 0 Å². The van der Waals surface area contributed by atoms with Crippen LogP contribution in [-0.2, 0) is 0 Å². The third-order valence-electron chi connectivity index (χ3n) is 3.54. The molecule has 0 aromatic carbocycles. The maximum Gasteiger partial charge on any atom is 0.252 e. The SMILES string of the molecule is NCCC1CCN(c2ncccc2C(N)=O)CC1. The Hall–Kier alpha value is -1.62. The van der Waals surface area contributed by atoms with Gasteiger partial charge in [0, 0.05) is 19.3 Å². The zero-order valence-corrected chi connectivity index (χ0v) is 10.5. The quantitative estimate of drug-likeness (QED) is 0.823. The van der Waals surface area contributed by atoms with Crippen LogP contribution in [0.25, 0.3) is 0 Å². The van der Waals surface area contributed by atoms with Crippen molar-refractivity contribution in [3.05, 3.63) is 23.9 Å². The molecular formula is C13H20N4O. The Morgan fingerprint density at radius 2 is 2.17 bits per heavy atom. The van der Waals surface area contributed by atoms with Crippen molar-refractivity contribution in [1.82, 2.24) is 4.98 Å². The molecular weight excluding hydrogens is 228 g/mol. The number of piperidine rings is 1. The molecule has 1 aromatic heterocycles. The summed E-state index contributed by atoms with van der Waals surface area (Å²) in [5.41, 5.74) is 11.5. The average molecular weight is 248 g/mol. The van der Waals surface area contributed by atoms with E-state index in [9.17, 15) is 4.79 Å². The number of nitrogens with two attached hydrogens (primary N) is 2. The van der Waals surface area contributed by atoms with Gasteiger partial charge in [-0.05, 0) is 43.9 Å². The number of hydrogen-bond acceptors (Lipinski definition) is 4. The van der Waals surface area contributed by atoms with Crippen molar-refractivity contribution >= 4 is 11.7 Å². The van der Waals surface area contributed by atoms with Gasteiger partial charge in [0.05, 0.1) is 5.56 Å². The maximum absolute atomic E-state index is 11.4. The minimum absolute atomic E-state index is 0.415. The van der Waals surface area contributed by atoms with Gasteiger partial charge in [-0.2, -0.15) is 0 Å². The number of carbonyl (C=O) groups excluding carboxylic acids is 1. The number of anilines is 1. The first-order valence-corrected chi connectivity index (χ1v) is 6.42. The lowest BCUT2D eigenvalue weighted by Crippen LogP contribution is -2.36. The molecule has 1 amide bonds. The summed E-state index contributed by atoms with van der Waals surface area (Å²) in [6.45, 7) is 2.59. The Bertz CT molecular complexity index is 413. The second kappa shape index (κ2) is 5.82. The van der Waals surface area contributed by atoms with Crippen molar-refractivity contribution in [3.63, 3.8) is 0 Å². The summed E-state index contributed by atoms with van der Waals surface area (Å²) in [5.74, 6) is 1.00. The fourth-order valence-corrected chi connectivity index (χ4v) is 2.51. The van der Waals surface area contributed by atoms with Crippen LogP contribution in [0.5, 0.6) is 0 Å². The summed E-state index contributed by atoms with van der Waals surface area (Å²) < 4.78 is 0. The summed E-state index contributed by atoms with van der Waals surface area (Å²) in [5, 5.41) is 0. The fraction of sp³-hybridized carbons (Fsp3) is 0.538. The summed E-state index contributed by atoms with van der Waals surface area (Å²) >= 11 is 0. The zero-order valence-electron chi connectivity index (χ0n) is 10.5. The molecule has 2 rings (SSSR count). The van der Waals surface area contributed by atoms with Gasteiger partial charge >= 0.3 is 0 Å². The van der Waals surface area contributed by atoms with Crippen molar-refractivity contribution in [2.24, 2.45) is 17.4 Å². The van der Waals surface area contributed by atoms with E-state index < -0.39 is 5.91 Å². The van der Waals surface area contributed by atoms with Gasteiger partial charge < -0.3 is 16.4 Å². The normalized spacial score (nSPS) is 16.8. The molecule has 0 bridgehead atoms. The molecule has 0 atom stereocenters. The molecule has 4 N–H and O–H groups in total. The average Bonchev–Trinajstić information content (AvgIpc) is 2.40. The molecule has 0 radical (unpaired) electrons. The lowest BCUT2D eigenvalue weighted by Gasteiger charge is -2.33. The summed E-state index contributed by atoms with van der Waals surface area (Å²) in [4.78, 5) is 17.8. The third kappa shape index (κ3) is 2.79. The van der Waals surface area contributed by atoms with Crippen LogP contribution in [0.1, 0.15) is 29.6 Å². The number of nitrogens with zero attached hydrogens (tertiary/aromatic N) is 2. The molecule has 18 heavy (non-hydrogen) atoms. The molecule has 0 aliphatic carbocycles. The maximum atomic E-state index is 11.4. The largest absolute Gasteiger partial charge is 0.365 e. The topological polar surface area (TPSA) is 85.2 Å². The van der Waals surface area contributed by atoms with Gasteiger partial charge in [0.15, 0.2) is 0 Å². The predicted molar refractivity (Wildman–Crippen MR) is 71.4 cm³/mol. The van der Waals surface area contributed by atoms with Crippen LogP contribution >= 0.6 is 0 Å². The Morgan fingerprint density at radius 3 is 2.78 bits per heavy atom. The van der Waals surface area contributed by atoms with Gasteiger partial charge in [0.25, 0.3) is 5.91 Å². The van der Waals surface area contributed by atoms with Gasteiger partial charge in [-0.1, -0.05) is 0 Å². The second-order valence-electron chi connectivity index (χ2n) is 4.75. The molecule has 0 unspecified atom stereocenters. The van der Waals surface area contributed by atoms with E-state index in [0.717, 1.165) is 44.7 Å². The first-order chi connectivity index (χ1) is 8.72. The number of primary amides is 1. The number of rotatable bonds is 4. The Balaban J connectivity index is 2.07. The van der Waals surface area contributed by atoms with E-state index in [4.69, 9.17) is 11.5 Å². The van der Waals surface area contributed by atoms with Crippen LogP contribution in [-0.4, -0.2) is 30.5 Å². The minimum atomic E-state index is -0.415. The van der Waals surface area contributed by atoms with Crippen molar-refractivity contribution in [3.8, 4) is 0 Å². The summed E-state index contributed by atoms with van der Waals surface area (Å²) in [6.07, 6.45) is 4.99. The number of carbonyl (C=O) groups is 1. The molecule has 1 aliphatic heterocycles. The fourth-order valence-electron chi connectivity index (χ4n) is 2.51. The highest BCUT2D eigenvalue weighted by Gasteiger charge is 2.22. The van der Waals surface area contributed by atoms with Crippen LogP contribution < -0.4 is 16.4 Å². The van der Waals surface area contributed by atoms with Crippen molar-refractivity contribution in [2.45, 2.75) is 19.3 Å². The van der Waals surface area contributed by atoms with Gasteiger partial charge in [0.1, 0.15) is 5.82 Å². The minimum Gasteiger partial charge on any atom is -0.365 e. The van der Waals surface area contributed by atoms with Gasteiger partial charge in [0.2, 0.25) is 0 Å². The molecule has 1 aliphatic rings. The van der Waals surface area contributed by atoms with E-state index in [0.29, 0.717) is 11.5 Å². The van der Waals surface area contributed by atoms with E-state index in [1.807, 2.05) is 0 Å². The van der Waals surface area contributed by atoms with Crippen LogP contribution in [0, 0.1) is 5.92 Å². The Labute approximate surface area is 107 Å². The molecule has 0 spiro atoms. The molecule has 5 nitrogen and oxygen atoms in total. The first-order valence-electron chi connectivity index (χ1n) is 6.42. The first kappa shape index (κ1) is 12.8. The number of aromatic nitrogens is 1. The molecule has 98 valence electrons. The smallest absolute Gasteiger partial charge is 0.252 e. The van der Waals surface area contributed by atoms with E-state index in [1.165, 1.54) is 0 Å². The summed E-state index contributed by atoms with van der Waals surface area (Å²) in [7, 11) is 0. The zero-order chi connectivity index (χ0) is 13.0. The number of pyridine rings is 1. The predicted octanol–water partition coefficient (Wildman–Crippen LogP) is 0.746. The highest BCUT2D eigenvalue weighted by molar-refractivity contribution is 5.97. The van der Waals surface area contributed by atoms with Crippen LogP contribution in [0.2, 0.25) is 0 Å². The van der Waals surface area contributed by atoms with Gasteiger partial charge in [-0.25, -0.2) is 4.98 Å². The van der Waals surface area contributed by atoms with E-state index in [2.05, 4.69) is 9.88 Å². The lowest BCUT2D eigenvalue weighted by molar-refractivity contribution is 0.100. The van der Waals surface area contributed by atoms with Crippen LogP contribution in [0.15, 0.2) is 18.3 Å². The van der Waals surface area contributed by atoms with E-state index >= 15 is 0 Å². The van der Waals surface area contributed by atoms with Crippen LogP contribution in [0.4, 0.5) is 5.82 Å². The highest BCUT2D eigenvalue weighted by Crippen LogP contribution is 2.25. The molecule has 1 saturated heterocycles. The second-order valence-corrected chi connectivity index (χ2v) is 4.75. The van der Waals surface area contributed by atoms with E-state index in [-0.39, 0.29) is 0 Å². The lowest BCUT2D eigenvalue weighted by atomic mass is 9.93. The van der Waals surface area contributed by atoms with Crippen molar-refractivity contribution in [2.75, 3.05) is 24.5 Å². The van der Waals surface area contributed by atoms with Crippen molar-refractivity contribution < 1.29 is 4.79 Å². The molecule has 1 aromatic rings. The molecule has 1 fully saturated rings. The number of amides is 1. The highest BCUT2D eigenvalue weighted by atomic mass is 16.1. The van der Waals surface area contributed by atoms with E-state index in [1.54, 1.807) is 18.3 Å². The Kier molecular flexibility index (Phi) is 4.15.